The second-order valence-corrected chi connectivity index (χ2v) is 5.26. The number of carboxylic acid groups (broad SMARTS) is 1. The molecule has 100 valence electrons. The van der Waals surface area contributed by atoms with Crippen molar-refractivity contribution in [1.29, 1.82) is 0 Å². The molecule has 0 atom stereocenters. The summed E-state index contributed by atoms with van der Waals surface area (Å²) in [6.45, 7) is 0. The smallest absolute Gasteiger partial charge is 0.307 e. The molecule has 0 saturated carbocycles. The number of carboxylic acids is 1. The summed E-state index contributed by atoms with van der Waals surface area (Å²) in [5.74, 6) is -0.192. The first-order valence-corrected chi connectivity index (χ1v) is 6.86. The van der Waals surface area contributed by atoms with Gasteiger partial charge in [-0.15, -0.1) is 0 Å². The molecule has 1 N–H and O–H groups in total. The monoisotopic (exact) mass is 285 g/mol. The zero-order valence-corrected chi connectivity index (χ0v) is 11.3. The lowest BCUT2D eigenvalue weighted by molar-refractivity contribution is -0.136. The molecule has 1 heterocycles. The molecule has 4 nitrogen and oxygen atoms in total. The van der Waals surface area contributed by atoms with Crippen molar-refractivity contribution in [1.82, 2.24) is 4.98 Å². The number of para-hydroxylation sites is 1. The van der Waals surface area contributed by atoms with Crippen molar-refractivity contribution in [2.45, 2.75) is 6.42 Å². The van der Waals surface area contributed by atoms with Gasteiger partial charge < -0.3 is 9.84 Å². The van der Waals surface area contributed by atoms with E-state index in [1.165, 1.54) is 11.3 Å². The number of thiazole rings is 1. The number of aromatic nitrogens is 1. The summed E-state index contributed by atoms with van der Waals surface area (Å²) in [6, 6.07) is 14.8. The van der Waals surface area contributed by atoms with Crippen LogP contribution in [0.15, 0.2) is 48.5 Å². The van der Waals surface area contributed by atoms with Gasteiger partial charge in [0.15, 0.2) is 0 Å². The largest absolute Gasteiger partial charge is 0.481 e. The maximum Gasteiger partial charge on any atom is 0.307 e. The van der Waals surface area contributed by atoms with Crippen molar-refractivity contribution in [3.05, 3.63) is 54.1 Å². The molecule has 2 aromatic carbocycles. The molecule has 1 aromatic heterocycles. The number of nitrogens with zero attached hydrogens (tertiary/aromatic N) is 1. The molecule has 0 aliphatic heterocycles. The van der Waals surface area contributed by atoms with E-state index in [-0.39, 0.29) is 6.42 Å². The van der Waals surface area contributed by atoms with Gasteiger partial charge in [-0.1, -0.05) is 35.6 Å². The van der Waals surface area contributed by atoms with Crippen LogP contribution in [0.4, 0.5) is 0 Å². The first-order valence-electron chi connectivity index (χ1n) is 6.05. The highest BCUT2D eigenvalue weighted by Crippen LogP contribution is 2.31. The highest BCUT2D eigenvalue weighted by atomic mass is 32.1. The molecule has 0 bridgehead atoms. The van der Waals surface area contributed by atoms with Crippen molar-refractivity contribution in [3.8, 4) is 10.9 Å². The Balaban J connectivity index is 1.78. The second-order valence-electron chi connectivity index (χ2n) is 4.26. The summed E-state index contributed by atoms with van der Waals surface area (Å²) in [7, 11) is 0. The fourth-order valence-corrected chi connectivity index (χ4v) is 2.68. The quantitative estimate of drug-likeness (QED) is 0.793. The van der Waals surface area contributed by atoms with Crippen LogP contribution in [-0.4, -0.2) is 16.1 Å². The lowest BCUT2D eigenvalue weighted by Gasteiger charge is -2.02. The van der Waals surface area contributed by atoms with E-state index in [1.807, 2.05) is 24.3 Å². The number of carbonyl (C=O) groups is 1. The highest BCUT2D eigenvalue weighted by molar-refractivity contribution is 7.20. The predicted octanol–water partition coefficient (Wildman–Crippen LogP) is 3.72. The van der Waals surface area contributed by atoms with Crippen LogP contribution in [0, 0.1) is 0 Å². The van der Waals surface area contributed by atoms with E-state index in [4.69, 9.17) is 9.84 Å². The second kappa shape index (κ2) is 5.30. The van der Waals surface area contributed by atoms with Gasteiger partial charge in [-0.05, 0) is 29.8 Å². The predicted molar refractivity (Wildman–Crippen MR) is 77.5 cm³/mol. The molecule has 0 saturated heterocycles. The van der Waals surface area contributed by atoms with Crippen molar-refractivity contribution in [3.63, 3.8) is 0 Å². The van der Waals surface area contributed by atoms with Crippen LogP contribution < -0.4 is 4.74 Å². The number of hydrogen-bond donors (Lipinski definition) is 1. The third kappa shape index (κ3) is 2.78. The Bertz CT molecular complexity index is 716. The topological polar surface area (TPSA) is 59.4 Å². The summed E-state index contributed by atoms with van der Waals surface area (Å²) in [5.41, 5.74) is 1.66. The van der Waals surface area contributed by atoms with Crippen molar-refractivity contribution in [2.75, 3.05) is 0 Å². The number of aliphatic carboxylic acids is 1. The zero-order valence-electron chi connectivity index (χ0n) is 10.4. The van der Waals surface area contributed by atoms with E-state index in [0.717, 1.165) is 15.8 Å². The van der Waals surface area contributed by atoms with Gasteiger partial charge >= 0.3 is 5.97 Å². The molecule has 0 amide bonds. The van der Waals surface area contributed by atoms with Crippen LogP contribution in [0.3, 0.4) is 0 Å². The SMILES string of the molecule is O=C(O)Cc1ccc(Oc2nc3ccccc3s2)cc1. The van der Waals surface area contributed by atoms with Gasteiger partial charge in [0.1, 0.15) is 5.75 Å². The van der Waals surface area contributed by atoms with Gasteiger partial charge in [0.2, 0.25) is 0 Å². The van der Waals surface area contributed by atoms with Crippen LogP contribution in [0.1, 0.15) is 5.56 Å². The number of rotatable bonds is 4. The fourth-order valence-electron chi connectivity index (χ4n) is 1.85. The molecule has 0 spiro atoms. The van der Waals surface area contributed by atoms with Gasteiger partial charge in [-0.2, -0.15) is 0 Å². The Morgan fingerprint density at radius 2 is 1.90 bits per heavy atom. The van der Waals surface area contributed by atoms with E-state index in [1.54, 1.807) is 24.3 Å². The van der Waals surface area contributed by atoms with Gasteiger partial charge in [0.05, 0.1) is 16.6 Å². The summed E-state index contributed by atoms with van der Waals surface area (Å²) in [5, 5.41) is 9.29. The fraction of sp³-hybridized carbons (Fsp3) is 0.0667. The lowest BCUT2D eigenvalue weighted by Crippen LogP contribution is -1.99. The molecule has 0 radical (unpaired) electrons. The first-order chi connectivity index (χ1) is 9.70. The Labute approximate surface area is 119 Å². The van der Waals surface area contributed by atoms with Gasteiger partial charge in [0, 0.05) is 0 Å². The number of hydrogen-bond acceptors (Lipinski definition) is 4. The van der Waals surface area contributed by atoms with Crippen LogP contribution >= 0.6 is 11.3 Å². The normalized spacial score (nSPS) is 10.6. The first kappa shape index (κ1) is 12.6. The Morgan fingerprint density at radius 1 is 1.15 bits per heavy atom. The summed E-state index contributed by atoms with van der Waals surface area (Å²) >= 11 is 1.48. The third-order valence-corrected chi connectivity index (χ3v) is 3.67. The van der Waals surface area contributed by atoms with E-state index in [9.17, 15) is 4.79 Å². The van der Waals surface area contributed by atoms with Crippen LogP contribution in [-0.2, 0) is 11.2 Å². The van der Waals surface area contributed by atoms with E-state index >= 15 is 0 Å². The Kier molecular flexibility index (Phi) is 3.35. The molecule has 0 aliphatic carbocycles. The van der Waals surface area contributed by atoms with Crippen LogP contribution in [0.5, 0.6) is 10.9 Å². The standard InChI is InChI=1S/C15H11NO3S/c17-14(18)9-10-5-7-11(8-6-10)19-15-16-12-3-1-2-4-13(12)20-15/h1-8H,9H2,(H,17,18). The van der Waals surface area contributed by atoms with Gasteiger partial charge in [-0.3, -0.25) is 4.79 Å². The van der Waals surface area contributed by atoms with Gasteiger partial charge in [-0.25, -0.2) is 4.98 Å². The maximum absolute atomic E-state index is 10.6. The van der Waals surface area contributed by atoms with Crippen LogP contribution in [0.25, 0.3) is 10.2 Å². The minimum atomic E-state index is -0.843. The molecule has 3 aromatic rings. The molecule has 3 rings (SSSR count). The number of fused-ring (bicyclic) bond motifs is 1. The molecule has 0 unspecified atom stereocenters. The molecule has 20 heavy (non-hydrogen) atoms. The molecule has 0 fully saturated rings. The minimum absolute atomic E-state index is 0.0153. The molecular weight excluding hydrogens is 274 g/mol. The van der Waals surface area contributed by atoms with Crippen LogP contribution in [0.2, 0.25) is 0 Å². The van der Waals surface area contributed by atoms with Crippen molar-refractivity contribution >= 4 is 27.5 Å². The zero-order chi connectivity index (χ0) is 13.9. The maximum atomic E-state index is 10.6. The van der Waals surface area contributed by atoms with E-state index in [0.29, 0.717) is 10.9 Å². The summed E-state index contributed by atoms with van der Waals surface area (Å²) < 4.78 is 6.76. The molecule has 0 aliphatic rings. The third-order valence-electron chi connectivity index (χ3n) is 2.76. The number of ether oxygens (including phenoxy) is 1. The van der Waals surface area contributed by atoms with E-state index < -0.39 is 5.97 Å². The average Bonchev–Trinajstić information content (AvgIpc) is 2.82. The number of benzene rings is 2. The summed E-state index contributed by atoms with van der Waals surface area (Å²) in [4.78, 5) is 15.0. The Morgan fingerprint density at radius 3 is 2.60 bits per heavy atom. The Hall–Kier alpha value is -2.40. The van der Waals surface area contributed by atoms with Crippen molar-refractivity contribution < 1.29 is 14.6 Å². The average molecular weight is 285 g/mol. The van der Waals surface area contributed by atoms with E-state index in [2.05, 4.69) is 4.98 Å². The minimum Gasteiger partial charge on any atom is -0.481 e. The molecular formula is C15H11NO3S. The molecule has 5 heteroatoms. The lowest BCUT2D eigenvalue weighted by atomic mass is 10.1. The van der Waals surface area contributed by atoms with Crippen molar-refractivity contribution in [2.24, 2.45) is 0 Å². The highest BCUT2D eigenvalue weighted by Gasteiger charge is 2.06. The van der Waals surface area contributed by atoms with Gasteiger partial charge in [0.25, 0.3) is 5.19 Å². The summed E-state index contributed by atoms with van der Waals surface area (Å²) in [6.07, 6.45) is 0.0153.